The zero-order valence-electron chi connectivity index (χ0n) is 10.0. The van der Waals surface area contributed by atoms with E-state index in [1.807, 2.05) is 0 Å². The Morgan fingerprint density at radius 1 is 1.21 bits per heavy atom. The Morgan fingerprint density at radius 3 is 2.14 bits per heavy atom. The number of carbonyl (C=O) groups excluding carboxylic acids is 1. The summed E-state index contributed by atoms with van der Waals surface area (Å²) in [6.45, 7) is 8.66. The van der Waals surface area contributed by atoms with Gasteiger partial charge in [-0.2, -0.15) is 0 Å². The first kappa shape index (κ1) is 11.7. The van der Waals surface area contributed by atoms with Gasteiger partial charge < -0.3 is 4.79 Å². The van der Waals surface area contributed by atoms with E-state index in [4.69, 9.17) is 0 Å². The summed E-state index contributed by atoms with van der Waals surface area (Å²) in [5.74, 6) is 3.45. The maximum Gasteiger partial charge on any atom is 0.130 e. The molecule has 14 heavy (non-hydrogen) atoms. The van der Waals surface area contributed by atoms with Crippen LogP contribution in [0.1, 0.15) is 53.4 Å². The molecule has 3 unspecified atom stereocenters. The molecule has 1 aliphatic rings. The number of rotatable bonds is 3. The lowest BCUT2D eigenvalue weighted by molar-refractivity contribution is -0.118. The number of hydrogen-bond acceptors (Lipinski definition) is 1. The molecule has 0 N–H and O–H groups in total. The standard InChI is InChI=1S/C13H24O/c1-9-5-10(2)7-13(6-9)11(3)8-12(4)14/h9-11,13H,5-8H2,1-4H3. The van der Waals surface area contributed by atoms with Crippen LogP contribution in [0.5, 0.6) is 0 Å². The average molecular weight is 196 g/mol. The summed E-state index contributed by atoms with van der Waals surface area (Å²) in [4.78, 5) is 11.1. The molecule has 0 saturated heterocycles. The predicted molar refractivity (Wildman–Crippen MR) is 60.1 cm³/mol. The van der Waals surface area contributed by atoms with Gasteiger partial charge in [0, 0.05) is 6.42 Å². The highest BCUT2D eigenvalue weighted by Gasteiger charge is 2.28. The summed E-state index contributed by atoms with van der Waals surface area (Å²) in [6.07, 6.45) is 4.82. The second kappa shape index (κ2) is 4.95. The highest BCUT2D eigenvalue weighted by atomic mass is 16.1. The number of hydrogen-bond donors (Lipinski definition) is 0. The highest BCUT2D eigenvalue weighted by Crippen LogP contribution is 2.37. The van der Waals surface area contributed by atoms with E-state index in [0.29, 0.717) is 11.7 Å². The molecule has 0 aromatic rings. The molecule has 0 aromatic heterocycles. The second-order valence-corrected chi connectivity index (χ2v) is 5.56. The number of ketones is 1. The molecule has 0 spiro atoms. The average Bonchev–Trinajstić information content (AvgIpc) is 2.00. The Bertz CT molecular complexity index is 187. The van der Waals surface area contributed by atoms with Crippen molar-refractivity contribution < 1.29 is 4.79 Å². The Hall–Kier alpha value is -0.330. The van der Waals surface area contributed by atoms with Gasteiger partial charge in [-0.15, -0.1) is 0 Å². The Balaban J connectivity index is 2.46. The third-order valence-electron chi connectivity index (χ3n) is 3.63. The first-order valence-corrected chi connectivity index (χ1v) is 5.98. The van der Waals surface area contributed by atoms with E-state index >= 15 is 0 Å². The van der Waals surface area contributed by atoms with Crippen molar-refractivity contribution in [1.29, 1.82) is 0 Å². The van der Waals surface area contributed by atoms with Gasteiger partial charge in [0.15, 0.2) is 0 Å². The van der Waals surface area contributed by atoms with E-state index in [0.717, 1.165) is 24.2 Å². The molecule has 1 rings (SSSR count). The van der Waals surface area contributed by atoms with Crippen molar-refractivity contribution >= 4 is 5.78 Å². The maximum atomic E-state index is 11.1. The number of Topliss-reactive ketones (excluding diaryl/α,β-unsaturated/α-hetero) is 1. The lowest BCUT2D eigenvalue weighted by atomic mass is 9.71. The quantitative estimate of drug-likeness (QED) is 0.673. The first-order valence-electron chi connectivity index (χ1n) is 5.98. The van der Waals surface area contributed by atoms with Crippen molar-refractivity contribution in [3.05, 3.63) is 0 Å². The molecule has 1 fully saturated rings. The molecule has 1 aliphatic carbocycles. The Kier molecular flexibility index (Phi) is 4.15. The van der Waals surface area contributed by atoms with Gasteiger partial charge in [-0.25, -0.2) is 0 Å². The molecular formula is C13H24O. The van der Waals surface area contributed by atoms with Crippen LogP contribution in [0.25, 0.3) is 0 Å². The summed E-state index contributed by atoms with van der Waals surface area (Å²) in [5.41, 5.74) is 0. The minimum atomic E-state index is 0.350. The van der Waals surface area contributed by atoms with Gasteiger partial charge in [-0.3, -0.25) is 0 Å². The summed E-state index contributed by atoms with van der Waals surface area (Å²) in [7, 11) is 0. The normalized spacial score (nSPS) is 35.3. The molecule has 1 nitrogen and oxygen atoms in total. The molecule has 3 atom stereocenters. The minimum Gasteiger partial charge on any atom is -0.300 e. The smallest absolute Gasteiger partial charge is 0.130 e. The van der Waals surface area contributed by atoms with E-state index in [1.54, 1.807) is 6.92 Å². The third-order valence-corrected chi connectivity index (χ3v) is 3.63. The van der Waals surface area contributed by atoms with Gasteiger partial charge in [-0.1, -0.05) is 20.8 Å². The van der Waals surface area contributed by atoms with Gasteiger partial charge in [0.1, 0.15) is 5.78 Å². The van der Waals surface area contributed by atoms with Crippen molar-refractivity contribution in [2.45, 2.75) is 53.4 Å². The van der Waals surface area contributed by atoms with E-state index < -0.39 is 0 Å². The van der Waals surface area contributed by atoms with Gasteiger partial charge in [0.2, 0.25) is 0 Å². The van der Waals surface area contributed by atoms with Crippen molar-refractivity contribution in [2.75, 3.05) is 0 Å². The van der Waals surface area contributed by atoms with E-state index in [1.165, 1.54) is 19.3 Å². The van der Waals surface area contributed by atoms with Crippen LogP contribution in [0.2, 0.25) is 0 Å². The summed E-state index contributed by atoms with van der Waals surface area (Å²) >= 11 is 0. The van der Waals surface area contributed by atoms with E-state index in [-0.39, 0.29) is 0 Å². The SMILES string of the molecule is CC(=O)CC(C)C1CC(C)CC(C)C1. The lowest BCUT2D eigenvalue weighted by Gasteiger charge is -2.34. The van der Waals surface area contributed by atoms with Crippen molar-refractivity contribution in [3.63, 3.8) is 0 Å². The topological polar surface area (TPSA) is 17.1 Å². The Morgan fingerprint density at radius 2 is 1.71 bits per heavy atom. The molecule has 0 aromatic carbocycles. The highest BCUT2D eigenvalue weighted by molar-refractivity contribution is 5.75. The zero-order chi connectivity index (χ0) is 10.7. The van der Waals surface area contributed by atoms with Crippen LogP contribution in [0.15, 0.2) is 0 Å². The van der Waals surface area contributed by atoms with Crippen LogP contribution in [0.3, 0.4) is 0 Å². The van der Waals surface area contributed by atoms with Crippen LogP contribution >= 0.6 is 0 Å². The molecule has 0 aliphatic heterocycles. The van der Waals surface area contributed by atoms with Crippen LogP contribution in [-0.2, 0) is 4.79 Å². The van der Waals surface area contributed by atoms with E-state index in [9.17, 15) is 4.79 Å². The zero-order valence-corrected chi connectivity index (χ0v) is 10.0. The fourth-order valence-corrected chi connectivity index (χ4v) is 3.09. The monoisotopic (exact) mass is 196 g/mol. The number of carbonyl (C=O) groups is 1. The molecule has 0 bridgehead atoms. The third kappa shape index (κ3) is 3.43. The molecular weight excluding hydrogens is 172 g/mol. The molecule has 0 amide bonds. The largest absolute Gasteiger partial charge is 0.300 e. The Labute approximate surface area is 88.3 Å². The van der Waals surface area contributed by atoms with Gasteiger partial charge >= 0.3 is 0 Å². The summed E-state index contributed by atoms with van der Waals surface area (Å²) in [6, 6.07) is 0. The fourth-order valence-electron chi connectivity index (χ4n) is 3.09. The molecule has 1 saturated carbocycles. The second-order valence-electron chi connectivity index (χ2n) is 5.56. The van der Waals surface area contributed by atoms with Crippen LogP contribution in [0, 0.1) is 23.7 Å². The van der Waals surface area contributed by atoms with Gasteiger partial charge in [-0.05, 0) is 49.9 Å². The molecule has 1 heteroatoms. The minimum absolute atomic E-state index is 0.350. The first-order chi connectivity index (χ1) is 6.49. The van der Waals surface area contributed by atoms with Crippen LogP contribution in [-0.4, -0.2) is 5.78 Å². The van der Waals surface area contributed by atoms with Crippen molar-refractivity contribution in [3.8, 4) is 0 Å². The van der Waals surface area contributed by atoms with Gasteiger partial charge in [0.25, 0.3) is 0 Å². The van der Waals surface area contributed by atoms with Crippen LogP contribution < -0.4 is 0 Å². The fraction of sp³-hybridized carbons (Fsp3) is 0.923. The van der Waals surface area contributed by atoms with Crippen molar-refractivity contribution in [2.24, 2.45) is 23.7 Å². The molecule has 0 heterocycles. The molecule has 0 radical (unpaired) electrons. The van der Waals surface area contributed by atoms with E-state index in [2.05, 4.69) is 20.8 Å². The maximum absolute atomic E-state index is 11.1. The van der Waals surface area contributed by atoms with Crippen LogP contribution in [0.4, 0.5) is 0 Å². The lowest BCUT2D eigenvalue weighted by Crippen LogP contribution is -2.25. The predicted octanol–water partition coefficient (Wildman–Crippen LogP) is 3.67. The summed E-state index contributed by atoms with van der Waals surface area (Å²) < 4.78 is 0. The molecule has 82 valence electrons. The summed E-state index contributed by atoms with van der Waals surface area (Å²) in [5, 5.41) is 0. The van der Waals surface area contributed by atoms with Crippen molar-refractivity contribution in [1.82, 2.24) is 0 Å². The van der Waals surface area contributed by atoms with Gasteiger partial charge in [0.05, 0.1) is 0 Å².